The van der Waals surface area contributed by atoms with E-state index in [-0.39, 0.29) is 11.5 Å². The number of pyridine rings is 1. The number of nitrogen functional groups attached to an aromatic ring is 1. The minimum Gasteiger partial charge on any atom is -0.369 e. The summed E-state index contributed by atoms with van der Waals surface area (Å²) in [6.07, 6.45) is 1.67. The summed E-state index contributed by atoms with van der Waals surface area (Å²) in [5, 5.41) is 0.924. The number of sulfone groups is 1. The number of aromatic nitrogens is 3. The molecule has 2 aromatic heterocycles. The van der Waals surface area contributed by atoms with Crippen molar-refractivity contribution in [2.45, 2.75) is 13.5 Å². The van der Waals surface area contributed by atoms with E-state index in [0.29, 0.717) is 18.0 Å². The van der Waals surface area contributed by atoms with Gasteiger partial charge in [-0.2, -0.15) is 0 Å². The summed E-state index contributed by atoms with van der Waals surface area (Å²) in [7, 11) is -3.05. The van der Waals surface area contributed by atoms with Gasteiger partial charge in [-0.3, -0.25) is 4.98 Å². The van der Waals surface area contributed by atoms with E-state index in [1.807, 2.05) is 24.3 Å². The zero-order chi connectivity index (χ0) is 15.0. The molecule has 0 radical (unpaired) electrons. The SMILES string of the molecule is CCS(=O)(=O)CCn1c(N)nc2cnc3ccccc3c21. The number of fused-ring (bicyclic) bond motifs is 3. The zero-order valence-electron chi connectivity index (χ0n) is 11.7. The van der Waals surface area contributed by atoms with Crippen molar-refractivity contribution in [1.82, 2.24) is 14.5 Å². The Morgan fingerprint density at radius 1 is 1.24 bits per heavy atom. The van der Waals surface area contributed by atoms with E-state index in [0.717, 1.165) is 16.4 Å². The molecule has 0 aliphatic carbocycles. The summed E-state index contributed by atoms with van der Waals surface area (Å²) in [6, 6.07) is 7.67. The van der Waals surface area contributed by atoms with Crippen LogP contribution in [-0.2, 0) is 16.4 Å². The van der Waals surface area contributed by atoms with Gasteiger partial charge in [0, 0.05) is 17.7 Å². The van der Waals surface area contributed by atoms with Gasteiger partial charge >= 0.3 is 0 Å². The van der Waals surface area contributed by atoms with E-state index in [1.54, 1.807) is 17.7 Å². The van der Waals surface area contributed by atoms with Crippen LogP contribution in [0.5, 0.6) is 0 Å². The van der Waals surface area contributed by atoms with E-state index in [1.165, 1.54) is 0 Å². The first-order valence-corrected chi connectivity index (χ1v) is 8.54. The number of hydrogen-bond donors (Lipinski definition) is 1. The van der Waals surface area contributed by atoms with Crippen LogP contribution < -0.4 is 5.73 Å². The number of rotatable bonds is 4. The standard InChI is InChI=1S/C14H16N4O2S/c1-2-21(19,20)8-7-18-13-10-5-3-4-6-11(10)16-9-12(13)17-14(18)15/h3-6,9H,2,7-8H2,1H3,(H2,15,17). The van der Waals surface area contributed by atoms with Crippen molar-refractivity contribution in [2.24, 2.45) is 0 Å². The van der Waals surface area contributed by atoms with Crippen LogP contribution in [-0.4, -0.2) is 34.5 Å². The molecule has 6 nitrogen and oxygen atoms in total. The van der Waals surface area contributed by atoms with Crippen molar-refractivity contribution in [1.29, 1.82) is 0 Å². The summed E-state index contributed by atoms with van der Waals surface area (Å²) in [6.45, 7) is 1.94. The van der Waals surface area contributed by atoms with Crippen molar-refractivity contribution in [3.63, 3.8) is 0 Å². The predicted molar refractivity (Wildman–Crippen MR) is 83.8 cm³/mol. The van der Waals surface area contributed by atoms with Gasteiger partial charge in [0.2, 0.25) is 5.95 Å². The van der Waals surface area contributed by atoms with Crippen LogP contribution in [0.25, 0.3) is 21.9 Å². The highest BCUT2D eigenvalue weighted by molar-refractivity contribution is 7.91. The minimum atomic E-state index is -3.05. The van der Waals surface area contributed by atoms with Gasteiger partial charge in [0.15, 0.2) is 9.84 Å². The summed E-state index contributed by atoms with van der Waals surface area (Å²) >= 11 is 0. The van der Waals surface area contributed by atoms with Gasteiger partial charge in [0.25, 0.3) is 0 Å². The van der Waals surface area contributed by atoms with Crippen LogP contribution in [0.15, 0.2) is 30.5 Å². The molecular formula is C14H16N4O2S. The molecule has 7 heteroatoms. The zero-order valence-corrected chi connectivity index (χ0v) is 12.5. The highest BCUT2D eigenvalue weighted by Gasteiger charge is 2.15. The molecule has 0 atom stereocenters. The minimum absolute atomic E-state index is 0.0514. The molecule has 3 aromatic rings. The van der Waals surface area contributed by atoms with E-state index >= 15 is 0 Å². The molecule has 0 fully saturated rings. The molecule has 2 heterocycles. The quantitative estimate of drug-likeness (QED) is 0.790. The Bertz CT molecular complexity index is 915. The van der Waals surface area contributed by atoms with Crippen LogP contribution in [0, 0.1) is 0 Å². The first-order chi connectivity index (χ1) is 10.0. The molecule has 0 bridgehead atoms. The Morgan fingerprint density at radius 3 is 2.76 bits per heavy atom. The Kier molecular flexibility index (Phi) is 3.29. The van der Waals surface area contributed by atoms with Gasteiger partial charge in [-0.1, -0.05) is 25.1 Å². The van der Waals surface area contributed by atoms with Crippen molar-refractivity contribution in [2.75, 3.05) is 17.2 Å². The lowest BCUT2D eigenvalue weighted by molar-refractivity contribution is 0.591. The smallest absolute Gasteiger partial charge is 0.201 e. The van der Waals surface area contributed by atoms with E-state index < -0.39 is 9.84 Å². The van der Waals surface area contributed by atoms with Crippen LogP contribution in [0.3, 0.4) is 0 Å². The maximum atomic E-state index is 11.7. The van der Waals surface area contributed by atoms with Gasteiger partial charge in [-0.15, -0.1) is 0 Å². The van der Waals surface area contributed by atoms with E-state index in [9.17, 15) is 8.42 Å². The number of para-hydroxylation sites is 1. The highest BCUT2D eigenvalue weighted by atomic mass is 32.2. The fraction of sp³-hybridized carbons (Fsp3) is 0.286. The second-order valence-corrected chi connectivity index (χ2v) is 7.34. The van der Waals surface area contributed by atoms with Crippen molar-refractivity contribution >= 4 is 37.7 Å². The number of anilines is 1. The number of imidazole rings is 1. The third kappa shape index (κ3) is 2.44. The van der Waals surface area contributed by atoms with Crippen molar-refractivity contribution in [3.8, 4) is 0 Å². The molecule has 0 saturated heterocycles. The number of benzene rings is 1. The van der Waals surface area contributed by atoms with Gasteiger partial charge in [0.05, 0.1) is 23.0 Å². The lowest BCUT2D eigenvalue weighted by atomic mass is 10.2. The third-order valence-electron chi connectivity index (χ3n) is 3.57. The Labute approximate surface area is 122 Å². The first kappa shape index (κ1) is 13.8. The molecule has 110 valence electrons. The molecule has 3 rings (SSSR count). The van der Waals surface area contributed by atoms with Gasteiger partial charge in [0.1, 0.15) is 5.52 Å². The Morgan fingerprint density at radius 2 is 2.00 bits per heavy atom. The van der Waals surface area contributed by atoms with Crippen LogP contribution in [0.2, 0.25) is 0 Å². The lowest BCUT2D eigenvalue weighted by Crippen LogP contribution is -2.16. The average Bonchev–Trinajstić information content (AvgIpc) is 2.81. The number of aryl methyl sites for hydroxylation is 1. The number of nitrogens with zero attached hydrogens (tertiary/aromatic N) is 3. The van der Waals surface area contributed by atoms with Crippen LogP contribution >= 0.6 is 0 Å². The van der Waals surface area contributed by atoms with Crippen molar-refractivity contribution < 1.29 is 8.42 Å². The van der Waals surface area contributed by atoms with Crippen LogP contribution in [0.1, 0.15) is 6.92 Å². The Balaban J connectivity index is 2.17. The molecule has 2 N–H and O–H groups in total. The second kappa shape index (κ2) is 5.00. The van der Waals surface area contributed by atoms with Gasteiger partial charge in [-0.25, -0.2) is 13.4 Å². The fourth-order valence-corrected chi connectivity index (χ4v) is 3.13. The van der Waals surface area contributed by atoms with Gasteiger partial charge in [-0.05, 0) is 6.07 Å². The summed E-state index contributed by atoms with van der Waals surface area (Å²) in [4.78, 5) is 8.61. The molecule has 0 saturated carbocycles. The number of nitrogens with two attached hydrogens (primary N) is 1. The first-order valence-electron chi connectivity index (χ1n) is 6.71. The molecule has 0 spiro atoms. The van der Waals surface area contributed by atoms with Crippen molar-refractivity contribution in [3.05, 3.63) is 30.5 Å². The second-order valence-electron chi connectivity index (χ2n) is 4.87. The normalized spacial score (nSPS) is 12.2. The van der Waals surface area contributed by atoms with E-state index in [2.05, 4.69) is 9.97 Å². The monoisotopic (exact) mass is 304 g/mol. The fourth-order valence-electron chi connectivity index (χ4n) is 2.38. The summed E-state index contributed by atoms with van der Waals surface area (Å²) in [5.74, 6) is 0.493. The summed E-state index contributed by atoms with van der Waals surface area (Å²) < 4.78 is 25.2. The molecule has 0 aliphatic rings. The Hall–Kier alpha value is -2.15. The maximum absolute atomic E-state index is 11.7. The highest BCUT2D eigenvalue weighted by Crippen LogP contribution is 2.25. The molecule has 21 heavy (non-hydrogen) atoms. The molecule has 0 aliphatic heterocycles. The predicted octanol–water partition coefficient (Wildman–Crippen LogP) is 1.60. The van der Waals surface area contributed by atoms with Crippen LogP contribution in [0.4, 0.5) is 5.95 Å². The summed E-state index contributed by atoms with van der Waals surface area (Å²) in [5.41, 5.74) is 8.30. The molecule has 1 aromatic carbocycles. The maximum Gasteiger partial charge on any atom is 0.201 e. The average molecular weight is 304 g/mol. The topological polar surface area (TPSA) is 90.9 Å². The molecule has 0 amide bonds. The molecular weight excluding hydrogens is 288 g/mol. The lowest BCUT2D eigenvalue weighted by Gasteiger charge is -2.08. The largest absolute Gasteiger partial charge is 0.369 e. The number of hydrogen-bond acceptors (Lipinski definition) is 5. The van der Waals surface area contributed by atoms with Gasteiger partial charge < -0.3 is 10.3 Å². The third-order valence-corrected chi connectivity index (χ3v) is 5.26. The van der Waals surface area contributed by atoms with E-state index in [4.69, 9.17) is 5.73 Å². The molecule has 0 unspecified atom stereocenters.